The molecule has 10 heteroatoms. The predicted octanol–water partition coefficient (Wildman–Crippen LogP) is 2.27. The number of halogens is 4. The Morgan fingerprint density at radius 1 is 1.40 bits per heavy atom. The highest BCUT2D eigenvalue weighted by Gasteiger charge is 2.38. The molecule has 2 rings (SSSR count). The summed E-state index contributed by atoms with van der Waals surface area (Å²) < 4.78 is 43.6. The Morgan fingerprint density at radius 2 is 2.16 bits per heavy atom. The van der Waals surface area contributed by atoms with E-state index >= 15 is 0 Å². The third-order valence-corrected chi connectivity index (χ3v) is 3.30. The molecule has 1 N–H and O–H groups in total. The lowest BCUT2D eigenvalue weighted by Gasteiger charge is -2.16. The average Bonchev–Trinajstić information content (AvgIpc) is 2.56. The van der Waals surface area contributed by atoms with Gasteiger partial charge < -0.3 is 14.4 Å². The SMILES string of the molecule is N#C/N=c1\c(OCC(O)C(F)(F)F)cccn1Cc1ccc(Cl)nc1. The highest BCUT2D eigenvalue weighted by Crippen LogP contribution is 2.20. The molecule has 2 heterocycles. The van der Waals surface area contributed by atoms with Gasteiger partial charge in [0.15, 0.2) is 17.3 Å². The Balaban J connectivity index is 2.28. The predicted molar refractivity (Wildman–Crippen MR) is 81.5 cm³/mol. The topological polar surface area (TPSA) is 83.4 Å². The van der Waals surface area contributed by atoms with Crippen LogP contribution in [0.25, 0.3) is 0 Å². The molecule has 0 aromatic carbocycles. The van der Waals surface area contributed by atoms with Crippen LogP contribution in [-0.2, 0) is 6.54 Å². The number of aromatic nitrogens is 2. The first kappa shape index (κ1) is 18.8. The highest BCUT2D eigenvalue weighted by atomic mass is 35.5. The summed E-state index contributed by atoms with van der Waals surface area (Å²) in [6.45, 7) is -0.770. The zero-order valence-electron chi connectivity index (χ0n) is 12.6. The molecule has 132 valence electrons. The minimum Gasteiger partial charge on any atom is -0.487 e. The zero-order valence-corrected chi connectivity index (χ0v) is 13.4. The summed E-state index contributed by atoms with van der Waals surface area (Å²) in [4.78, 5) is 7.52. The van der Waals surface area contributed by atoms with Crippen LogP contribution in [0.3, 0.4) is 0 Å². The van der Waals surface area contributed by atoms with Crippen LogP contribution in [0, 0.1) is 11.5 Å². The van der Waals surface area contributed by atoms with Gasteiger partial charge in [0.1, 0.15) is 11.8 Å². The fourth-order valence-corrected chi connectivity index (χ4v) is 2.00. The van der Waals surface area contributed by atoms with Gasteiger partial charge in [-0.3, -0.25) is 0 Å². The number of nitriles is 1. The van der Waals surface area contributed by atoms with Crippen molar-refractivity contribution < 1.29 is 23.0 Å². The van der Waals surface area contributed by atoms with Gasteiger partial charge in [0, 0.05) is 12.4 Å². The van der Waals surface area contributed by atoms with E-state index in [4.69, 9.17) is 26.7 Å². The number of hydrogen-bond acceptors (Lipinski definition) is 5. The van der Waals surface area contributed by atoms with Crippen LogP contribution in [0.4, 0.5) is 13.2 Å². The molecule has 25 heavy (non-hydrogen) atoms. The van der Waals surface area contributed by atoms with E-state index in [-0.39, 0.29) is 17.8 Å². The van der Waals surface area contributed by atoms with Crippen molar-refractivity contribution in [1.29, 1.82) is 5.26 Å². The van der Waals surface area contributed by atoms with Crippen molar-refractivity contribution in [2.24, 2.45) is 4.99 Å². The van der Waals surface area contributed by atoms with Crippen LogP contribution in [0.15, 0.2) is 41.7 Å². The standard InChI is InChI=1S/C15H12ClF3N4O2/c16-13-4-3-10(6-21-13)7-23-5-1-2-11(14(23)22-9-20)25-8-12(24)15(17,18)19/h1-6,12,24H,7-8H2/b22-14+. The second-order valence-corrected chi connectivity index (χ2v) is 5.28. The second kappa shape index (κ2) is 8.00. The van der Waals surface area contributed by atoms with Crippen LogP contribution < -0.4 is 10.2 Å². The molecule has 1 atom stereocenters. The van der Waals surface area contributed by atoms with E-state index in [0.29, 0.717) is 5.15 Å². The Bertz CT molecular complexity index is 828. The lowest BCUT2D eigenvalue weighted by Crippen LogP contribution is -2.35. The molecule has 0 bridgehead atoms. The molecule has 0 saturated heterocycles. The van der Waals surface area contributed by atoms with Gasteiger partial charge in [0.25, 0.3) is 0 Å². The molecule has 1 unspecified atom stereocenters. The maximum atomic E-state index is 12.4. The van der Waals surface area contributed by atoms with Gasteiger partial charge >= 0.3 is 6.18 Å². The number of ether oxygens (including phenoxy) is 1. The normalized spacial score (nSPS) is 13.4. The third-order valence-electron chi connectivity index (χ3n) is 3.08. The lowest BCUT2D eigenvalue weighted by atomic mass is 10.3. The molecule has 0 aliphatic rings. The summed E-state index contributed by atoms with van der Waals surface area (Å²) >= 11 is 5.71. The fraction of sp³-hybridized carbons (Fsp3) is 0.267. The van der Waals surface area contributed by atoms with Crippen LogP contribution in [-0.4, -0.2) is 33.5 Å². The summed E-state index contributed by atoms with van der Waals surface area (Å²) in [6, 6.07) is 6.17. The van der Waals surface area contributed by atoms with Gasteiger partial charge in [-0.25, -0.2) is 4.98 Å². The molecule has 0 spiro atoms. The van der Waals surface area contributed by atoms with Crippen LogP contribution in [0.5, 0.6) is 5.75 Å². The number of alkyl halides is 3. The second-order valence-electron chi connectivity index (χ2n) is 4.89. The Labute approximate surface area is 145 Å². The monoisotopic (exact) mass is 372 g/mol. The number of aliphatic hydroxyl groups excluding tert-OH is 1. The molecule has 0 fully saturated rings. The van der Waals surface area contributed by atoms with E-state index in [1.165, 1.54) is 22.9 Å². The number of nitrogens with zero attached hydrogens (tertiary/aromatic N) is 4. The molecule has 0 radical (unpaired) electrons. The number of aliphatic hydroxyl groups is 1. The molecule has 0 saturated carbocycles. The maximum Gasteiger partial charge on any atom is 0.417 e. The van der Waals surface area contributed by atoms with Crippen LogP contribution in [0.1, 0.15) is 5.56 Å². The molecule has 2 aromatic heterocycles. The van der Waals surface area contributed by atoms with E-state index in [2.05, 4.69) is 9.98 Å². The van der Waals surface area contributed by atoms with Crippen molar-refractivity contribution in [3.8, 4) is 11.9 Å². The summed E-state index contributed by atoms with van der Waals surface area (Å²) in [5.41, 5.74) is 0.755. The van der Waals surface area contributed by atoms with Gasteiger partial charge in [-0.2, -0.15) is 23.4 Å². The molecule has 0 aliphatic carbocycles. The van der Waals surface area contributed by atoms with Crippen molar-refractivity contribution >= 4 is 11.6 Å². The van der Waals surface area contributed by atoms with Gasteiger partial charge in [-0.1, -0.05) is 17.7 Å². The Morgan fingerprint density at radius 3 is 2.76 bits per heavy atom. The average molecular weight is 373 g/mol. The van der Waals surface area contributed by atoms with Crippen molar-refractivity contribution in [1.82, 2.24) is 9.55 Å². The van der Waals surface area contributed by atoms with Crippen molar-refractivity contribution in [2.45, 2.75) is 18.8 Å². The summed E-state index contributed by atoms with van der Waals surface area (Å²) in [5.74, 6) is -0.0609. The Hall–Kier alpha value is -2.57. The molecule has 2 aromatic rings. The first-order valence-electron chi connectivity index (χ1n) is 6.91. The van der Waals surface area contributed by atoms with E-state index in [0.717, 1.165) is 5.56 Å². The molecular weight excluding hydrogens is 361 g/mol. The minimum atomic E-state index is -4.80. The van der Waals surface area contributed by atoms with Crippen LogP contribution in [0.2, 0.25) is 5.15 Å². The smallest absolute Gasteiger partial charge is 0.417 e. The fourth-order valence-electron chi connectivity index (χ4n) is 1.89. The molecule has 6 nitrogen and oxygen atoms in total. The number of rotatable bonds is 5. The van der Waals surface area contributed by atoms with Gasteiger partial charge in [0.2, 0.25) is 6.19 Å². The third kappa shape index (κ3) is 5.20. The summed E-state index contributed by atoms with van der Waals surface area (Å²) in [7, 11) is 0. The van der Waals surface area contributed by atoms with E-state index in [1.807, 2.05) is 0 Å². The van der Waals surface area contributed by atoms with E-state index < -0.39 is 18.9 Å². The van der Waals surface area contributed by atoms with Crippen molar-refractivity contribution in [3.05, 3.63) is 52.9 Å². The summed E-state index contributed by atoms with van der Waals surface area (Å²) in [6.07, 6.45) is -2.76. The van der Waals surface area contributed by atoms with Gasteiger partial charge in [-0.15, -0.1) is 0 Å². The minimum absolute atomic E-state index is 0.0225. The first-order chi connectivity index (χ1) is 11.8. The molecule has 0 amide bonds. The van der Waals surface area contributed by atoms with E-state index in [1.54, 1.807) is 24.5 Å². The van der Waals surface area contributed by atoms with Gasteiger partial charge in [-0.05, 0) is 23.8 Å². The molecular formula is C15H12ClF3N4O2. The highest BCUT2D eigenvalue weighted by molar-refractivity contribution is 6.29. The maximum absolute atomic E-state index is 12.4. The summed E-state index contributed by atoms with van der Waals surface area (Å²) in [5, 5.41) is 18.2. The number of hydrogen-bond donors (Lipinski definition) is 1. The Kier molecular flexibility index (Phi) is 6.01. The quantitative estimate of drug-likeness (QED) is 0.644. The largest absolute Gasteiger partial charge is 0.487 e. The van der Waals surface area contributed by atoms with Crippen molar-refractivity contribution in [3.63, 3.8) is 0 Å². The first-order valence-corrected chi connectivity index (χ1v) is 7.29. The van der Waals surface area contributed by atoms with Gasteiger partial charge in [0.05, 0.1) is 6.54 Å². The van der Waals surface area contributed by atoms with Crippen molar-refractivity contribution in [2.75, 3.05) is 6.61 Å². The number of pyridine rings is 2. The molecule has 0 aliphatic heterocycles. The lowest BCUT2D eigenvalue weighted by molar-refractivity contribution is -0.210. The van der Waals surface area contributed by atoms with Crippen LogP contribution >= 0.6 is 11.6 Å². The zero-order chi connectivity index (χ0) is 18.4. The van der Waals surface area contributed by atoms with E-state index in [9.17, 15) is 13.2 Å².